The number of anilines is 1. The molecule has 1 aliphatic rings. The predicted molar refractivity (Wildman–Crippen MR) is 88.3 cm³/mol. The van der Waals surface area contributed by atoms with Crippen molar-refractivity contribution in [3.63, 3.8) is 0 Å². The lowest BCUT2D eigenvalue weighted by molar-refractivity contribution is 0.0803. The molecule has 122 valence electrons. The lowest BCUT2D eigenvalue weighted by Crippen LogP contribution is -2.39. The molecule has 1 aliphatic heterocycles. The van der Waals surface area contributed by atoms with Crippen LogP contribution in [-0.4, -0.2) is 30.2 Å². The fraction of sp³-hybridized carbons (Fsp3) is 0.389. The second-order valence-corrected chi connectivity index (χ2v) is 5.84. The number of hydrogen-bond donors (Lipinski definition) is 1. The number of nitrogens with one attached hydrogen (secondary N) is 1. The Morgan fingerprint density at radius 3 is 2.87 bits per heavy atom. The molecular formula is C18H22N2O3. The Morgan fingerprint density at radius 2 is 2.17 bits per heavy atom. The molecule has 5 nitrogen and oxygen atoms in total. The maximum Gasteiger partial charge on any atom is 0.322 e. The van der Waals surface area contributed by atoms with Crippen molar-refractivity contribution in [3.05, 3.63) is 54.0 Å². The Labute approximate surface area is 136 Å². The molecule has 1 aromatic heterocycles. The highest BCUT2D eigenvalue weighted by molar-refractivity contribution is 5.90. The molecule has 2 heterocycles. The highest BCUT2D eigenvalue weighted by Crippen LogP contribution is 2.18. The van der Waals surface area contributed by atoms with Crippen LogP contribution in [0.25, 0.3) is 0 Å². The van der Waals surface area contributed by atoms with Gasteiger partial charge in [0.15, 0.2) is 0 Å². The topological polar surface area (TPSA) is 54.7 Å². The third-order valence-corrected chi connectivity index (χ3v) is 4.05. The van der Waals surface area contributed by atoms with Crippen molar-refractivity contribution in [2.75, 3.05) is 18.5 Å². The van der Waals surface area contributed by atoms with Gasteiger partial charge in [0.25, 0.3) is 0 Å². The standard InChI is InChI=1S/C18H22N2O3/c1-14-6-2-3-9-17(14)19-18(21)20(12-15-7-4-10-22-15)13-16-8-5-11-23-16/h2-4,6-7,9-10,16H,5,8,11-13H2,1H3,(H,19,21)/t16-/m1/s1. The monoisotopic (exact) mass is 314 g/mol. The third kappa shape index (κ3) is 4.13. The minimum atomic E-state index is -0.133. The number of benzene rings is 1. The van der Waals surface area contributed by atoms with Crippen LogP contribution >= 0.6 is 0 Å². The van der Waals surface area contributed by atoms with Crippen molar-refractivity contribution < 1.29 is 13.9 Å². The number of ether oxygens (including phenoxy) is 1. The minimum Gasteiger partial charge on any atom is -0.467 e. The van der Waals surface area contributed by atoms with E-state index in [1.165, 1.54) is 0 Å². The molecule has 0 saturated carbocycles. The zero-order valence-corrected chi connectivity index (χ0v) is 13.3. The summed E-state index contributed by atoms with van der Waals surface area (Å²) in [5.41, 5.74) is 1.87. The van der Waals surface area contributed by atoms with Crippen molar-refractivity contribution >= 4 is 11.7 Å². The summed E-state index contributed by atoms with van der Waals surface area (Å²) in [7, 11) is 0. The van der Waals surface area contributed by atoms with Crippen LogP contribution in [-0.2, 0) is 11.3 Å². The van der Waals surface area contributed by atoms with E-state index in [-0.39, 0.29) is 12.1 Å². The highest BCUT2D eigenvalue weighted by atomic mass is 16.5. The summed E-state index contributed by atoms with van der Waals surface area (Å²) in [6.07, 6.45) is 3.77. The Bertz CT molecular complexity index is 633. The van der Waals surface area contributed by atoms with Gasteiger partial charge in [-0.25, -0.2) is 4.79 Å². The number of carbonyl (C=O) groups excluding carboxylic acids is 1. The SMILES string of the molecule is Cc1ccccc1NC(=O)N(Cc1ccco1)C[C@H]1CCCO1. The third-order valence-electron chi connectivity index (χ3n) is 4.05. The van der Waals surface area contributed by atoms with Crippen LogP contribution in [0.1, 0.15) is 24.2 Å². The zero-order chi connectivity index (χ0) is 16.1. The van der Waals surface area contributed by atoms with Gasteiger partial charge >= 0.3 is 6.03 Å². The first-order valence-corrected chi connectivity index (χ1v) is 7.98. The van der Waals surface area contributed by atoms with Crippen LogP contribution in [0.4, 0.5) is 10.5 Å². The van der Waals surface area contributed by atoms with E-state index in [0.29, 0.717) is 13.1 Å². The van der Waals surface area contributed by atoms with Crippen LogP contribution in [0, 0.1) is 6.92 Å². The van der Waals surface area contributed by atoms with Gasteiger partial charge in [0.1, 0.15) is 5.76 Å². The molecule has 1 atom stereocenters. The smallest absolute Gasteiger partial charge is 0.322 e. The van der Waals surface area contributed by atoms with E-state index < -0.39 is 0 Å². The number of nitrogens with zero attached hydrogens (tertiary/aromatic N) is 1. The maximum atomic E-state index is 12.7. The van der Waals surface area contributed by atoms with Gasteiger partial charge in [0.2, 0.25) is 0 Å². The first-order chi connectivity index (χ1) is 11.2. The fourth-order valence-electron chi connectivity index (χ4n) is 2.75. The van der Waals surface area contributed by atoms with Gasteiger partial charge in [-0.2, -0.15) is 0 Å². The number of aryl methyl sites for hydroxylation is 1. The van der Waals surface area contributed by atoms with Crippen LogP contribution in [0.5, 0.6) is 0 Å². The molecule has 2 amide bonds. The van der Waals surface area contributed by atoms with E-state index >= 15 is 0 Å². The number of rotatable bonds is 5. The first kappa shape index (κ1) is 15.6. The Kier molecular flexibility index (Phi) is 4.98. The average molecular weight is 314 g/mol. The molecule has 0 radical (unpaired) electrons. The van der Waals surface area contributed by atoms with Gasteiger partial charge in [-0.05, 0) is 43.5 Å². The summed E-state index contributed by atoms with van der Waals surface area (Å²) >= 11 is 0. The number of amides is 2. The average Bonchev–Trinajstić information content (AvgIpc) is 3.22. The van der Waals surface area contributed by atoms with Crippen LogP contribution in [0.15, 0.2) is 47.1 Å². The molecule has 23 heavy (non-hydrogen) atoms. The van der Waals surface area contributed by atoms with Crippen LogP contribution < -0.4 is 5.32 Å². The van der Waals surface area contributed by atoms with Gasteiger partial charge < -0.3 is 19.4 Å². The van der Waals surface area contributed by atoms with E-state index in [9.17, 15) is 4.79 Å². The second-order valence-electron chi connectivity index (χ2n) is 5.84. The van der Waals surface area contributed by atoms with Crippen molar-refractivity contribution in [1.29, 1.82) is 0 Å². The van der Waals surface area contributed by atoms with Crippen LogP contribution in [0.3, 0.4) is 0 Å². The quantitative estimate of drug-likeness (QED) is 0.913. The summed E-state index contributed by atoms with van der Waals surface area (Å²) < 4.78 is 11.1. The van der Waals surface area contributed by atoms with Crippen molar-refractivity contribution in [2.24, 2.45) is 0 Å². The number of carbonyl (C=O) groups is 1. The summed E-state index contributed by atoms with van der Waals surface area (Å²) in [6, 6.07) is 11.3. The number of para-hydroxylation sites is 1. The largest absolute Gasteiger partial charge is 0.467 e. The number of hydrogen-bond acceptors (Lipinski definition) is 3. The lowest BCUT2D eigenvalue weighted by Gasteiger charge is -2.25. The molecule has 1 saturated heterocycles. The van der Waals surface area contributed by atoms with Gasteiger partial charge in [-0.15, -0.1) is 0 Å². The fourth-order valence-corrected chi connectivity index (χ4v) is 2.75. The lowest BCUT2D eigenvalue weighted by atomic mass is 10.2. The normalized spacial score (nSPS) is 17.2. The molecule has 1 N–H and O–H groups in total. The Morgan fingerprint density at radius 1 is 1.30 bits per heavy atom. The maximum absolute atomic E-state index is 12.7. The summed E-state index contributed by atoms with van der Waals surface area (Å²) in [5.74, 6) is 0.767. The molecule has 0 aliphatic carbocycles. The van der Waals surface area contributed by atoms with E-state index in [1.54, 1.807) is 11.2 Å². The molecule has 1 fully saturated rings. The molecule has 0 spiro atoms. The molecule has 3 rings (SSSR count). The molecule has 5 heteroatoms. The number of urea groups is 1. The van der Waals surface area contributed by atoms with Gasteiger partial charge in [-0.1, -0.05) is 18.2 Å². The van der Waals surface area contributed by atoms with Gasteiger partial charge in [-0.3, -0.25) is 0 Å². The molecular weight excluding hydrogens is 292 g/mol. The summed E-state index contributed by atoms with van der Waals surface area (Å²) in [5, 5.41) is 2.99. The van der Waals surface area contributed by atoms with Crippen molar-refractivity contribution in [2.45, 2.75) is 32.4 Å². The number of furan rings is 1. The van der Waals surface area contributed by atoms with E-state index in [0.717, 1.165) is 36.5 Å². The molecule has 1 aromatic carbocycles. The highest BCUT2D eigenvalue weighted by Gasteiger charge is 2.23. The zero-order valence-electron chi connectivity index (χ0n) is 13.3. The van der Waals surface area contributed by atoms with Crippen LogP contribution in [0.2, 0.25) is 0 Å². The molecule has 2 aromatic rings. The molecule has 0 bridgehead atoms. The second kappa shape index (κ2) is 7.33. The molecule has 0 unspecified atom stereocenters. The van der Waals surface area contributed by atoms with Gasteiger partial charge in [0.05, 0.1) is 18.9 Å². The van der Waals surface area contributed by atoms with Crippen molar-refractivity contribution in [1.82, 2.24) is 4.90 Å². The summed E-state index contributed by atoms with van der Waals surface area (Å²) in [4.78, 5) is 14.4. The minimum absolute atomic E-state index is 0.104. The predicted octanol–water partition coefficient (Wildman–Crippen LogP) is 3.80. The first-order valence-electron chi connectivity index (χ1n) is 7.98. The summed E-state index contributed by atoms with van der Waals surface area (Å²) in [6.45, 7) is 3.76. The Balaban J connectivity index is 1.70. The van der Waals surface area contributed by atoms with E-state index in [1.807, 2.05) is 43.3 Å². The van der Waals surface area contributed by atoms with E-state index in [4.69, 9.17) is 9.15 Å². The van der Waals surface area contributed by atoms with Gasteiger partial charge in [0, 0.05) is 18.8 Å². The van der Waals surface area contributed by atoms with Crippen molar-refractivity contribution in [3.8, 4) is 0 Å². The Hall–Kier alpha value is -2.27. The van der Waals surface area contributed by atoms with E-state index in [2.05, 4.69) is 5.32 Å².